The maximum atomic E-state index is 8.00. The predicted molar refractivity (Wildman–Crippen MR) is 91.3 cm³/mol. The van der Waals surface area contributed by atoms with E-state index in [1.165, 1.54) is 0 Å². The summed E-state index contributed by atoms with van der Waals surface area (Å²) in [6.07, 6.45) is 1.74. The van der Waals surface area contributed by atoms with Crippen molar-refractivity contribution in [1.82, 2.24) is 9.97 Å². The maximum Gasteiger partial charge on any atom is 0.108 e. The summed E-state index contributed by atoms with van der Waals surface area (Å²) in [7, 11) is 0. The molecule has 3 rings (SSSR count). The van der Waals surface area contributed by atoms with Gasteiger partial charge in [-0.15, -0.1) is 0 Å². The molecule has 7 heteroatoms. The van der Waals surface area contributed by atoms with Crippen molar-refractivity contribution in [2.75, 3.05) is 0 Å². The van der Waals surface area contributed by atoms with E-state index >= 15 is 0 Å². The first kappa shape index (κ1) is 24.0. The number of para-hydroxylation sites is 1. The smallest absolute Gasteiger partial charge is 0.108 e. The number of hydrogen-bond donors (Lipinski definition) is 0. The topological polar surface area (TPSA) is 77.0 Å². The van der Waals surface area contributed by atoms with Gasteiger partial charge in [-0.2, -0.15) is 0 Å². The van der Waals surface area contributed by atoms with Gasteiger partial charge in [-0.05, 0) is 24.3 Å². The van der Waals surface area contributed by atoms with Gasteiger partial charge in [0, 0.05) is 32.0 Å². The average Bonchev–Trinajstić information content (AvgIpc) is 2.67. The Morgan fingerprint density at radius 3 is 2.00 bits per heavy atom. The van der Waals surface area contributed by atoms with Crippen LogP contribution in [0.25, 0.3) is 22.3 Å². The first-order valence-electron chi connectivity index (χ1n) is 6.18. The molecular formula is C17H15ClN2O3Re. The van der Waals surface area contributed by atoms with Gasteiger partial charge >= 0.3 is 0 Å². The van der Waals surface area contributed by atoms with Crippen molar-refractivity contribution in [3.8, 4) is 11.4 Å². The van der Waals surface area contributed by atoms with Crippen LogP contribution >= 0.6 is 11.6 Å². The quantitative estimate of drug-likeness (QED) is 0.495. The Hall–Kier alpha value is -2.26. The number of aromatic nitrogens is 2. The summed E-state index contributed by atoms with van der Waals surface area (Å²) in [6, 6.07) is 15.5. The second-order valence-electron chi connectivity index (χ2n) is 3.73. The molecular weight excluding hydrogens is 502 g/mol. The second-order valence-corrected chi connectivity index (χ2v) is 4.13. The molecule has 24 heavy (non-hydrogen) atoms. The number of benzene rings is 1. The molecule has 0 aliphatic carbocycles. The van der Waals surface area contributed by atoms with E-state index in [0.717, 1.165) is 22.3 Å². The van der Waals surface area contributed by atoms with E-state index in [4.69, 9.17) is 26.0 Å². The number of rotatable bonds is 1. The molecule has 1 aromatic carbocycles. The van der Waals surface area contributed by atoms with E-state index in [-0.39, 0.29) is 20.4 Å². The number of fused-ring (bicyclic) bond motifs is 1. The molecule has 5 nitrogen and oxygen atoms in total. The van der Waals surface area contributed by atoms with Gasteiger partial charge in [-0.25, -0.2) is 4.98 Å². The van der Waals surface area contributed by atoms with Crippen molar-refractivity contribution in [2.45, 2.75) is 0 Å². The molecule has 0 fully saturated rings. The van der Waals surface area contributed by atoms with Gasteiger partial charge in [0.15, 0.2) is 0 Å². The van der Waals surface area contributed by atoms with E-state index in [9.17, 15) is 0 Å². The van der Waals surface area contributed by atoms with Gasteiger partial charge in [0.05, 0.1) is 16.2 Å². The number of hydrogen-bond acceptors (Lipinski definition) is 5. The second kappa shape index (κ2) is 14.3. The van der Waals surface area contributed by atoms with Crippen LogP contribution in [0.3, 0.4) is 0 Å². The fourth-order valence-electron chi connectivity index (χ4n) is 1.77. The summed E-state index contributed by atoms with van der Waals surface area (Å²) in [4.78, 5) is 32.8. The minimum absolute atomic E-state index is 0. The predicted octanol–water partition coefficient (Wildman–Crippen LogP) is 3.39. The van der Waals surface area contributed by atoms with Crippen LogP contribution in [0.4, 0.5) is 0 Å². The van der Waals surface area contributed by atoms with Crippen LogP contribution in [0.5, 0.6) is 0 Å². The van der Waals surface area contributed by atoms with E-state index in [0.29, 0.717) is 5.02 Å². The third-order valence-electron chi connectivity index (χ3n) is 2.58. The largest absolute Gasteiger partial charge is 0.307 e. The SMILES string of the molecule is C=O.C=O.C=O.Clc1cc2ccccc2nc1-c1ccccn1.[Re]. The first-order chi connectivity index (χ1) is 11.3. The van der Waals surface area contributed by atoms with Crippen molar-refractivity contribution in [2.24, 2.45) is 0 Å². The van der Waals surface area contributed by atoms with Gasteiger partial charge < -0.3 is 14.4 Å². The van der Waals surface area contributed by atoms with Crippen molar-refractivity contribution >= 4 is 42.9 Å². The summed E-state index contributed by atoms with van der Waals surface area (Å²) < 4.78 is 0. The Labute approximate surface area is 158 Å². The number of pyridine rings is 2. The standard InChI is InChI=1S/C14H9ClN2.3CH2O.Re/c15-11-9-10-5-1-2-6-12(10)17-14(11)13-7-3-4-8-16-13;3*1-2;/h1-9H;3*1H2;. The van der Waals surface area contributed by atoms with E-state index in [1.807, 2.05) is 68.9 Å². The molecule has 2 heterocycles. The van der Waals surface area contributed by atoms with Crippen LogP contribution < -0.4 is 0 Å². The van der Waals surface area contributed by atoms with Crippen LogP contribution in [0.1, 0.15) is 0 Å². The minimum atomic E-state index is 0. The van der Waals surface area contributed by atoms with Crippen molar-refractivity contribution in [1.29, 1.82) is 0 Å². The van der Waals surface area contributed by atoms with E-state index < -0.39 is 0 Å². The molecule has 0 saturated carbocycles. The van der Waals surface area contributed by atoms with Gasteiger partial charge in [0.25, 0.3) is 0 Å². The summed E-state index contributed by atoms with van der Waals surface area (Å²) >= 11 is 6.24. The zero-order chi connectivity index (χ0) is 17.7. The Bertz CT molecular complexity index is 725. The zero-order valence-electron chi connectivity index (χ0n) is 12.7. The fraction of sp³-hybridized carbons (Fsp3) is 0. The third-order valence-corrected chi connectivity index (χ3v) is 2.87. The third kappa shape index (κ3) is 6.47. The maximum absolute atomic E-state index is 8.00. The Morgan fingerprint density at radius 2 is 1.42 bits per heavy atom. The van der Waals surface area contributed by atoms with Crippen molar-refractivity contribution in [3.05, 3.63) is 59.8 Å². The summed E-state index contributed by atoms with van der Waals surface area (Å²) in [5.41, 5.74) is 2.45. The Morgan fingerprint density at radius 1 is 0.833 bits per heavy atom. The Balaban J connectivity index is 0. The summed E-state index contributed by atoms with van der Waals surface area (Å²) in [6.45, 7) is 6.00. The molecule has 0 aliphatic heterocycles. The van der Waals surface area contributed by atoms with Crippen LogP contribution in [-0.4, -0.2) is 30.3 Å². The molecule has 0 spiro atoms. The first-order valence-corrected chi connectivity index (χ1v) is 6.56. The molecule has 3 aromatic rings. The summed E-state index contributed by atoms with van der Waals surface area (Å²) in [5, 5.41) is 1.67. The van der Waals surface area contributed by atoms with Crippen molar-refractivity contribution < 1.29 is 34.8 Å². The Kier molecular flexibility index (Phi) is 14.3. The average molecular weight is 517 g/mol. The number of halogens is 1. The molecule has 0 bridgehead atoms. The van der Waals surface area contributed by atoms with Crippen LogP contribution in [-0.2, 0) is 34.8 Å². The van der Waals surface area contributed by atoms with E-state index in [1.54, 1.807) is 6.20 Å². The molecule has 0 aliphatic rings. The van der Waals surface area contributed by atoms with Crippen LogP contribution in [0.2, 0.25) is 5.02 Å². The molecule has 125 valence electrons. The number of carbonyl (C=O) groups excluding carboxylic acids is 3. The monoisotopic (exact) mass is 517 g/mol. The molecule has 2 aromatic heterocycles. The normalized spacial score (nSPS) is 8.04. The number of nitrogens with zero attached hydrogens (tertiary/aromatic N) is 2. The van der Waals surface area contributed by atoms with E-state index in [2.05, 4.69) is 9.97 Å². The molecule has 0 amide bonds. The van der Waals surface area contributed by atoms with Crippen molar-refractivity contribution in [3.63, 3.8) is 0 Å². The van der Waals surface area contributed by atoms with Crippen LogP contribution in [0.15, 0.2) is 54.7 Å². The van der Waals surface area contributed by atoms with Gasteiger partial charge in [0.1, 0.15) is 26.1 Å². The fourth-order valence-corrected chi connectivity index (χ4v) is 2.03. The van der Waals surface area contributed by atoms with Crippen LogP contribution in [0, 0.1) is 0 Å². The number of carbonyl (C=O) groups is 3. The van der Waals surface area contributed by atoms with Gasteiger partial charge in [0.2, 0.25) is 0 Å². The zero-order valence-corrected chi connectivity index (χ0v) is 16.2. The minimum Gasteiger partial charge on any atom is -0.307 e. The summed E-state index contributed by atoms with van der Waals surface area (Å²) in [5.74, 6) is 0. The molecule has 0 saturated heterocycles. The molecule has 0 atom stereocenters. The van der Waals surface area contributed by atoms with Gasteiger partial charge in [-0.3, -0.25) is 4.98 Å². The molecule has 1 radical (unpaired) electrons. The molecule has 0 unspecified atom stereocenters. The molecule has 0 N–H and O–H groups in total. The van der Waals surface area contributed by atoms with Gasteiger partial charge in [-0.1, -0.05) is 35.9 Å².